The minimum Gasteiger partial charge on any atom is -0.382 e. The van der Waals surface area contributed by atoms with Crippen molar-refractivity contribution in [2.45, 2.75) is 54.0 Å². The topological polar surface area (TPSA) is 39.1 Å². The smallest absolute Gasteiger partial charge is 0.203 e. The fraction of sp³-hybridized carbons (Fsp3) is 0.800. The molecule has 0 aromatic carbocycles. The molecule has 0 saturated carbocycles. The highest BCUT2D eigenvalue weighted by atomic mass is 16.5. The normalized spacial score (nSPS) is 11.8. The first kappa shape index (κ1) is 16.0. The van der Waals surface area contributed by atoms with Gasteiger partial charge in [0, 0.05) is 32.5 Å². The maximum absolute atomic E-state index is 5.34. The minimum absolute atomic E-state index is 0.300. The lowest BCUT2D eigenvalue weighted by atomic mass is 9.90. The molecule has 0 unspecified atom stereocenters. The van der Waals surface area contributed by atoms with Crippen LogP contribution >= 0.6 is 0 Å². The van der Waals surface area contributed by atoms with E-state index in [-0.39, 0.29) is 0 Å². The Morgan fingerprint density at radius 1 is 1.37 bits per heavy atom. The Morgan fingerprint density at radius 2 is 2.11 bits per heavy atom. The highest BCUT2D eigenvalue weighted by molar-refractivity contribution is 5.28. The Labute approximate surface area is 117 Å². The summed E-state index contributed by atoms with van der Waals surface area (Å²) in [5.41, 5.74) is 1.37. The summed E-state index contributed by atoms with van der Waals surface area (Å²) in [6.45, 7) is 14.4. The van der Waals surface area contributed by atoms with Gasteiger partial charge in [0.05, 0.1) is 5.69 Å². The first-order valence-electron chi connectivity index (χ1n) is 7.34. The molecule has 0 amide bonds. The fourth-order valence-corrected chi connectivity index (χ4v) is 1.90. The zero-order chi connectivity index (χ0) is 14.3. The van der Waals surface area contributed by atoms with Crippen LogP contribution in [-0.4, -0.2) is 29.3 Å². The molecule has 0 atom stereocenters. The summed E-state index contributed by atoms with van der Waals surface area (Å²) in [6.07, 6.45) is 4.30. The van der Waals surface area contributed by atoms with Crippen LogP contribution in [-0.2, 0) is 11.3 Å². The van der Waals surface area contributed by atoms with Crippen molar-refractivity contribution in [2.24, 2.45) is 5.41 Å². The monoisotopic (exact) mass is 267 g/mol. The second-order valence-corrected chi connectivity index (χ2v) is 5.83. The summed E-state index contributed by atoms with van der Waals surface area (Å²) >= 11 is 0. The van der Waals surface area contributed by atoms with Gasteiger partial charge in [-0.1, -0.05) is 20.8 Å². The van der Waals surface area contributed by atoms with E-state index < -0.39 is 0 Å². The molecule has 4 nitrogen and oxygen atoms in total. The van der Waals surface area contributed by atoms with Crippen molar-refractivity contribution in [3.63, 3.8) is 0 Å². The molecule has 0 fully saturated rings. The number of hydrogen-bond donors (Lipinski definition) is 1. The standard InChI is InChI=1S/C15H29N3O/c1-6-15(4,5)12-18-11-13(3)17-14(18)16-9-8-10-19-7-2/h11H,6-10,12H2,1-5H3,(H,16,17). The van der Waals surface area contributed by atoms with Crippen LogP contribution in [0.1, 0.15) is 46.2 Å². The second-order valence-electron chi connectivity index (χ2n) is 5.83. The molecular weight excluding hydrogens is 238 g/mol. The molecular formula is C15H29N3O. The quantitative estimate of drug-likeness (QED) is 0.696. The number of hydrogen-bond acceptors (Lipinski definition) is 3. The van der Waals surface area contributed by atoms with Gasteiger partial charge in [0.15, 0.2) is 0 Å². The van der Waals surface area contributed by atoms with Crippen molar-refractivity contribution in [3.8, 4) is 0 Å². The molecule has 0 bridgehead atoms. The third-order valence-corrected chi connectivity index (χ3v) is 3.41. The highest BCUT2D eigenvalue weighted by Gasteiger charge is 2.18. The van der Waals surface area contributed by atoms with E-state index in [1.165, 1.54) is 0 Å². The minimum atomic E-state index is 0.300. The number of anilines is 1. The van der Waals surface area contributed by atoms with Crippen molar-refractivity contribution in [1.82, 2.24) is 9.55 Å². The van der Waals surface area contributed by atoms with Gasteiger partial charge in [0.25, 0.3) is 0 Å². The number of aromatic nitrogens is 2. The van der Waals surface area contributed by atoms with Crippen LogP contribution in [0.4, 0.5) is 5.95 Å². The molecule has 1 rings (SSSR count). The zero-order valence-corrected chi connectivity index (χ0v) is 13.1. The molecule has 1 N–H and O–H groups in total. The lowest BCUT2D eigenvalue weighted by Gasteiger charge is -2.24. The average Bonchev–Trinajstić information content (AvgIpc) is 2.68. The van der Waals surface area contributed by atoms with E-state index in [0.29, 0.717) is 5.41 Å². The van der Waals surface area contributed by atoms with E-state index in [1.54, 1.807) is 0 Å². The molecule has 0 aliphatic heterocycles. The molecule has 1 aromatic heterocycles. The van der Waals surface area contributed by atoms with Gasteiger partial charge >= 0.3 is 0 Å². The largest absolute Gasteiger partial charge is 0.382 e. The number of imidazole rings is 1. The molecule has 0 aliphatic carbocycles. The number of nitrogens with zero attached hydrogens (tertiary/aromatic N) is 2. The number of aryl methyl sites for hydroxylation is 1. The number of ether oxygens (including phenoxy) is 1. The van der Waals surface area contributed by atoms with E-state index in [0.717, 1.165) is 50.8 Å². The van der Waals surface area contributed by atoms with E-state index >= 15 is 0 Å². The molecule has 1 aromatic rings. The van der Waals surface area contributed by atoms with Gasteiger partial charge in [0.1, 0.15) is 0 Å². The van der Waals surface area contributed by atoms with Crippen molar-refractivity contribution >= 4 is 5.95 Å². The lowest BCUT2D eigenvalue weighted by molar-refractivity contribution is 0.147. The van der Waals surface area contributed by atoms with Crippen molar-refractivity contribution in [1.29, 1.82) is 0 Å². The van der Waals surface area contributed by atoms with Crippen molar-refractivity contribution < 1.29 is 4.74 Å². The summed E-state index contributed by atoms with van der Waals surface area (Å²) in [6, 6.07) is 0. The lowest BCUT2D eigenvalue weighted by Crippen LogP contribution is -2.20. The van der Waals surface area contributed by atoms with E-state index in [9.17, 15) is 0 Å². The SMILES string of the molecule is CCOCCCNc1nc(C)cn1CC(C)(C)CC. The Balaban J connectivity index is 2.53. The molecule has 4 heteroatoms. The van der Waals surface area contributed by atoms with Crippen LogP contribution in [0.25, 0.3) is 0 Å². The molecule has 0 saturated heterocycles. The molecule has 19 heavy (non-hydrogen) atoms. The van der Waals surface area contributed by atoms with Gasteiger partial charge < -0.3 is 14.6 Å². The van der Waals surface area contributed by atoms with Crippen LogP contribution in [0.2, 0.25) is 0 Å². The van der Waals surface area contributed by atoms with Crippen LogP contribution in [0, 0.1) is 12.3 Å². The predicted molar refractivity (Wildman–Crippen MR) is 80.6 cm³/mol. The van der Waals surface area contributed by atoms with Crippen molar-refractivity contribution in [2.75, 3.05) is 25.1 Å². The zero-order valence-electron chi connectivity index (χ0n) is 13.1. The van der Waals surface area contributed by atoms with E-state index in [2.05, 4.69) is 41.8 Å². The Kier molecular flexibility index (Phi) is 6.35. The highest BCUT2D eigenvalue weighted by Crippen LogP contribution is 2.24. The van der Waals surface area contributed by atoms with Crippen LogP contribution < -0.4 is 5.32 Å². The van der Waals surface area contributed by atoms with Gasteiger partial charge in [-0.15, -0.1) is 0 Å². The molecule has 0 aliphatic rings. The molecule has 110 valence electrons. The molecule has 0 spiro atoms. The summed E-state index contributed by atoms with van der Waals surface area (Å²) in [7, 11) is 0. The number of rotatable bonds is 9. The van der Waals surface area contributed by atoms with Crippen LogP contribution in [0.3, 0.4) is 0 Å². The third kappa shape index (κ3) is 5.64. The van der Waals surface area contributed by atoms with E-state index in [4.69, 9.17) is 4.74 Å². The predicted octanol–water partition coefficient (Wildman–Crippen LogP) is 3.47. The van der Waals surface area contributed by atoms with Crippen molar-refractivity contribution in [3.05, 3.63) is 11.9 Å². The summed E-state index contributed by atoms with van der Waals surface area (Å²) in [5.74, 6) is 0.982. The summed E-state index contributed by atoms with van der Waals surface area (Å²) in [4.78, 5) is 4.56. The first-order chi connectivity index (χ1) is 8.98. The summed E-state index contributed by atoms with van der Waals surface area (Å²) < 4.78 is 7.57. The van der Waals surface area contributed by atoms with Gasteiger partial charge in [-0.3, -0.25) is 0 Å². The van der Waals surface area contributed by atoms with E-state index in [1.807, 2.05) is 13.8 Å². The van der Waals surface area contributed by atoms with Gasteiger partial charge in [-0.05, 0) is 32.1 Å². The average molecular weight is 267 g/mol. The molecule has 1 heterocycles. The Morgan fingerprint density at radius 3 is 2.74 bits per heavy atom. The van der Waals surface area contributed by atoms with Crippen LogP contribution in [0.5, 0.6) is 0 Å². The third-order valence-electron chi connectivity index (χ3n) is 3.41. The second kappa shape index (κ2) is 7.53. The van der Waals surface area contributed by atoms with Gasteiger partial charge in [-0.25, -0.2) is 4.98 Å². The fourth-order valence-electron chi connectivity index (χ4n) is 1.90. The number of nitrogens with one attached hydrogen (secondary N) is 1. The Hall–Kier alpha value is -1.03. The van der Waals surface area contributed by atoms with Gasteiger partial charge in [-0.2, -0.15) is 0 Å². The maximum atomic E-state index is 5.34. The molecule has 0 radical (unpaired) electrons. The first-order valence-corrected chi connectivity index (χ1v) is 7.34. The Bertz CT molecular complexity index is 371. The van der Waals surface area contributed by atoms with Gasteiger partial charge in [0.2, 0.25) is 5.95 Å². The van der Waals surface area contributed by atoms with Crippen LogP contribution in [0.15, 0.2) is 6.20 Å². The summed E-state index contributed by atoms with van der Waals surface area (Å²) in [5, 5.41) is 3.41. The maximum Gasteiger partial charge on any atom is 0.203 e.